The SMILES string of the molecule is CCCC(C)n1/c(=C/C=C2\CCC(/C=C/C3=[N+](C(C)CCC)c4cccc5cccc3c45)=C2S(=O)(=O)c2ccccc2)c2cccc3cccc1c32.O=S(=O)([O-])C(F)(F)C(F)(F)C(F)(F)C(F)(F)F. The van der Waals surface area contributed by atoms with Gasteiger partial charge in [0.15, 0.2) is 16.2 Å². The summed E-state index contributed by atoms with van der Waals surface area (Å²) < 4.78 is 170. The molecule has 0 amide bonds. The van der Waals surface area contributed by atoms with E-state index >= 15 is 0 Å². The Morgan fingerprint density at radius 3 is 1.88 bits per heavy atom. The molecule has 0 saturated heterocycles. The summed E-state index contributed by atoms with van der Waals surface area (Å²) in [7, 11) is -11.2. The third-order valence-electron chi connectivity index (χ3n) is 12.5. The van der Waals surface area contributed by atoms with Crippen LogP contribution < -0.4 is 5.35 Å². The minimum atomic E-state index is -7.43. The molecule has 0 bridgehead atoms. The Kier molecular flexibility index (Phi) is 14.0. The first-order chi connectivity index (χ1) is 32.3. The van der Waals surface area contributed by atoms with Crippen LogP contribution in [-0.4, -0.2) is 65.6 Å². The summed E-state index contributed by atoms with van der Waals surface area (Å²) in [5, 5.41) is 0.218. The number of sulfone groups is 1. The van der Waals surface area contributed by atoms with E-state index in [-0.39, 0.29) is 0 Å². The van der Waals surface area contributed by atoms with Crippen LogP contribution in [-0.2, 0) is 20.0 Å². The molecule has 7 nitrogen and oxygen atoms in total. The second-order valence-corrected chi connectivity index (χ2v) is 20.4. The summed E-state index contributed by atoms with van der Waals surface area (Å²) in [6.45, 7) is 9.06. The first-order valence-corrected chi connectivity index (χ1v) is 25.0. The molecular formula is C51H47F9N2O5S2. The second kappa shape index (κ2) is 18.9. The van der Waals surface area contributed by atoms with Crippen molar-refractivity contribution < 1.29 is 65.5 Å². The Balaban J connectivity index is 0.000000354. The number of halogens is 9. The molecule has 1 aromatic heterocycles. The summed E-state index contributed by atoms with van der Waals surface area (Å²) in [6, 6.07) is 35.7. The van der Waals surface area contributed by atoms with Gasteiger partial charge in [0.25, 0.3) is 0 Å². The molecule has 0 N–H and O–H groups in total. The zero-order chi connectivity index (χ0) is 50.5. The zero-order valence-electron chi connectivity index (χ0n) is 37.7. The monoisotopic (exact) mass is 1000 g/mol. The highest BCUT2D eigenvalue weighted by Gasteiger charge is 2.83. The van der Waals surface area contributed by atoms with Gasteiger partial charge in [-0.1, -0.05) is 105 Å². The highest BCUT2D eigenvalue weighted by molar-refractivity contribution is 7.95. The molecule has 0 fully saturated rings. The normalized spacial score (nSPS) is 17.0. The Bertz CT molecular complexity index is 3350. The predicted octanol–water partition coefficient (Wildman–Crippen LogP) is 13.1. The van der Waals surface area contributed by atoms with E-state index in [0.717, 1.165) is 47.9 Å². The van der Waals surface area contributed by atoms with Crippen LogP contribution in [0, 0.1) is 0 Å². The van der Waals surface area contributed by atoms with Gasteiger partial charge in [0.1, 0.15) is 0 Å². The van der Waals surface area contributed by atoms with Gasteiger partial charge >= 0.3 is 23.3 Å². The smallest absolute Gasteiger partial charge is 0.460 e. The maximum absolute atomic E-state index is 14.6. The molecule has 8 rings (SSSR count). The van der Waals surface area contributed by atoms with Crippen LogP contribution in [0.15, 0.2) is 142 Å². The lowest BCUT2D eigenvalue weighted by Gasteiger charge is -2.34. The minimum Gasteiger partial charge on any atom is -0.743 e. The van der Waals surface area contributed by atoms with Crippen molar-refractivity contribution in [1.29, 1.82) is 0 Å². The number of aromatic nitrogens is 1. The average molecular weight is 1000 g/mol. The van der Waals surface area contributed by atoms with Gasteiger partial charge in [0.2, 0.25) is 21.2 Å². The van der Waals surface area contributed by atoms with E-state index in [1.165, 1.54) is 43.7 Å². The highest BCUT2D eigenvalue weighted by Crippen LogP contribution is 2.54. The lowest BCUT2D eigenvalue weighted by Crippen LogP contribution is -2.63. The molecule has 2 aliphatic rings. The lowest BCUT2D eigenvalue weighted by molar-refractivity contribution is -0.476. The average Bonchev–Trinajstić information content (AvgIpc) is 3.96. The van der Waals surface area contributed by atoms with Gasteiger partial charge in [0.05, 0.1) is 20.8 Å². The van der Waals surface area contributed by atoms with E-state index in [1.807, 2.05) is 18.2 Å². The Labute approximate surface area is 393 Å². The summed E-state index contributed by atoms with van der Waals surface area (Å²) in [5.41, 5.74) is 6.52. The van der Waals surface area contributed by atoms with Gasteiger partial charge < -0.3 is 9.12 Å². The highest BCUT2D eigenvalue weighted by atomic mass is 32.2. The number of nitrogens with zero attached hydrogens (tertiary/aromatic N) is 2. The third kappa shape index (κ3) is 8.92. The molecule has 0 spiro atoms. The summed E-state index contributed by atoms with van der Waals surface area (Å²) >= 11 is 0. The van der Waals surface area contributed by atoms with E-state index in [0.29, 0.717) is 34.7 Å². The van der Waals surface area contributed by atoms with E-state index < -0.39 is 43.2 Å². The van der Waals surface area contributed by atoms with E-state index in [2.05, 4.69) is 134 Å². The van der Waals surface area contributed by atoms with Crippen molar-refractivity contribution in [2.24, 2.45) is 0 Å². The van der Waals surface area contributed by atoms with Crippen molar-refractivity contribution in [3.63, 3.8) is 0 Å². The molecular weight excluding hydrogens is 956 g/mol. The van der Waals surface area contributed by atoms with E-state index in [1.54, 1.807) is 12.1 Å². The van der Waals surface area contributed by atoms with E-state index in [9.17, 15) is 60.9 Å². The number of rotatable bonds is 14. The summed E-state index contributed by atoms with van der Waals surface area (Å²) in [4.78, 5) is 0.771. The molecule has 5 aromatic carbocycles. The van der Waals surface area contributed by atoms with Crippen molar-refractivity contribution in [1.82, 2.24) is 4.57 Å². The summed E-state index contributed by atoms with van der Waals surface area (Å²) in [5.74, 6) is -14.8. The van der Waals surface area contributed by atoms with Crippen molar-refractivity contribution >= 4 is 69.9 Å². The van der Waals surface area contributed by atoms with Gasteiger partial charge in [-0.05, 0) is 91.8 Å². The van der Waals surface area contributed by atoms with Crippen molar-refractivity contribution in [2.75, 3.05) is 0 Å². The van der Waals surface area contributed by atoms with Crippen molar-refractivity contribution in [2.45, 2.75) is 106 Å². The van der Waals surface area contributed by atoms with Crippen LogP contribution in [0.2, 0.25) is 0 Å². The molecule has 18 heteroatoms. The molecule has 2 unspecified atom stereocenters. The maximum atomic E-state index is 14.6. The van der Waals surface area contributed by atoms with Gasteiger partial charge in [-0.25, -0.2) is 16.8 Å². The Morgan fingerprint density at radius 2 is 1.28 bits per heavy atom. The fourth-order valence-electron chi connectivity index (χ4n) is 9.33. The van der Waals surface area contributed by atoms with Crippen LogP contribution in [0.1, 0.15) is 77.8 Å². The molecule has 69 heavy (non-hydrogen) atoms. The van der Waals surface area contributed by atoms with Crippen LogP contribution in [0.5, 0.6) is 0 Å². The standard InChI is InChI=1S/C47H47N2O2S.C4HF9O3S/c1-5-14-32(3)48-41(39-22-10-16-34-18-12-24-43(48)45(34)39)30-28-36-26-27-37(47(36)52(50,51)38-20-8-7-9-21-38)29-31-42-40-23-11-17-35-19-13-25-44(46(35)40)49(42)33(4)15-6-2;5-1(6,3(9,10)11)2(7,8)4(12,13)17(14,15)16/h7-13,16-25,28-33H,5-6,14-15,26-27H2,1-4H3;(H,14,15,16)/q+1;/p-1. The fraction of sp³-hybridized carbons (Fsp3) is 0.314. The lowest BCUT2D eigenvalue weighted by atomic mass is 10.0. The van der Waals surface area contributed by atoms with Crippen LogP contribution in [0.4, 0.5) is 45.2 Å². The zero-order valence-corrected chi connectivity index (χ0v) is 39.3. The topological polar surface area (TPSA) is 99.3 Å². The second-order valence-electron chi connectivity index (χ2n) is 17.1. The third-order valence-corrected chi connectivity index (χ3v) is 15.4. The summed E-state index contributed by atoms with van der Waals surface area (Å²) in [6.07, 6.45) is 7.00. The number of alkyl halides is 9. The molecule has 1 aliphatic carbocycles. The molecule has 0 radical (unpaired) electrons. The molecule has 6 aromatic rings. The predicted molar refractivity (Wildman–Crippen MR) is 249 cm³/mol. The van der Waals surface area contributed by atoms with Crippen molar-refractivity contribution in [3.05, 3.63) is 148 Å². The molecule has 1 aliphatic heterocycles. The first-order valence-electron chi connectivity index (χ1n) is 22.1. The maximum Gasteiger partial charge on any atom is 0.460 e. The van der Waals surface area contributed by atoms with Gasteiger partial charge in [-0.2, -0.15) is 44.1 Å². The number of hydrogen-bond acceptors (Lipinski definition) is 5. The van der Waals surface area contributed by atoms with Gasteiger partial charge in [-0.15, -0.1) is 0 Å². The molecule has 2 heterocycles. The number of hydrogen-bond donors (Lipinski definition) is 0. The van der Waals surface area contributed by atoms with Crippen LogP contribution in [0.3, 0.4) is 0 Å². The number of allylic oxidation sites excluding steroid dienone is 5. The molecule has 2 atom stereocenters. The largest absolute Gasteiger partial charge is 0.743 e. The first kappa shape index (κ1) is 51.1. The Morgan fingerprint density at radius 1 is 0.681 bits per heavy atom. The van der Waals surface area contributed by atoms with Gasteiger partial charge in [-0.3, -0.25) is 0 Å². The van der Waals surface area contributed by atoms with Gasteiger partial charge in [0, 0.05) is 46.2 Å². The van der Waals surface area contributed by atoms with E-state index in [4.69, 9.17) is 0 Å². The fourth-order valence-corrected chi connectivity index (χ4v) is 11.6. The van der Waals surface area contributed by atoms with Crippen LogP contribution >= 0.6 is 0 Å². The number of benzene rings is 5. The van der Waals surface area contributed by atoms with Crippen LogP contribution in [0.25, 0.3) is 38.5 Å². The molecule has 0 saturated carbocycles. The molecule has 366 valence electrons. The minimum absolute atomic E-state index is 0.299. The Hall–Kier alpha value is -5.72. The quantitative estimate of drug-likeness (QED) is 0.0615. The van der Waals surface area contributed by atoms with Crippen molar-refractivity contribution in [3.8, 4) is 0 Å².